The van der Waals surface area contributed by atoms with Crippen LogP contribution >= 0.6 is 0 Å². The Hall–Kier alpha value is -2.73. The summed E-state index contributed by atoms with van der Waals surface area (Å²) in [5, 5.41) is 13.7. The van der Waals surface area contributed by atoms with Crippen LogP contribution in [0.25, 0.3) is 0 Å². The third-order valence-electron chi connectivity index (χ3n) is 5.27. The lowest BCUT2D eigenvalue weighted by atomic mass is 9.96. The predicted octanol–water partition coefficient (Wildman–Crippen LogP) is 4.26. The minimum atomic E-state index is -0.473. The Bertz CT molecular complexity index is 805. The van der Waals surface area contributed by atoms with Crippen molar-refractivity contribution in [1.82, 2.24) is 4.90 Å². The summed E-state index contributed by atoms with van der Waals surface area (Å²) in [6.07, 6.45) is 5.77. The summed E-state index contributed by atoms with van der Waals surface area (Å²) in [5.41, 5.74) is 2.30. The molecule has 2 aromatic rings. The van der Waals surface area contributed by atoms with Gasteiger partial charge in [0.05, 0.1) is 4.92 Å². The number of hydrogen-bond acceptors (Lipinski definition) is 4. The van der Waals surface area contributed by atoms with Crippen molar-refractivity contribution in [1.29, 1.82) is 0 Å². The summed E-state index contributed by atoms with van der Waals surface area (Å²) in [4.78, 5) is 25.2. The Balaban J connectivity index is 1.66. The van der Waals surface area contributed by atoms with Gasteiger partial charge in [-0.1, -0.05) is 24.6 Å². The van der Waals surface area contributed by atoms with Crippen molar-refractivity contribution in [3.63, 3.8) is 0 Å². The summed E-state index contributed by atoms with van der Waals surface area (Å²) in [5.74, 6) is -0.257. The lowest BCUT2D eigenvalue weighted by molar-refractivity contribution is -0.384. The van der Waals surface area contributed by atoms with Crippen LogP contribution in [0, 0.1) is 10.1 Å². The van der Waals surface area contributed by atoms with Gasteiger partial charge in [-0.3, -0.25) is 14.9 Å². The van der Waals surface area contributed by atoms with Gasteiger partial charge in [0.15, 0.2) is 0 Å². The number of benzene rings is 2. The summed E-state index contributed by atoms with van der Waals surface area (Å²) in [7, 11) is 2.19. The van der Waals surface area contributed by atoms with Gasteiger partial charge in [0.25, 0.3) is 11.6 Å². The van der Waals surface area contributed by atoms with E-state index in [1.807, 2.05) is 24.3 Å². The highest BCUT2D eigenvalue weighted by Crippen LogP contribution is 2.23. The van der Waals surface area contributed by atoms with Gasteiger partial charge in [0.1, 0.15) is 0 Å². The molecule has 1 heterocycles. The molecule has 0 aliphatic carbocycles. The van der Waals surface area contributed by atoms with E-state index in [1.54, 1.807) is 0 Å². The Morgan fingerprint density at radius 2 is 1.93 bits per heavy atom. The van der Waals surface area contributed by atoms with Crippen LogP contribution in [0.1, 0.15) is 41.6 Å². The van der Waals surface area contributed by atoms with Gasteiger partial charge >= 0.3 is 0 Å². The van der Waals surface area contributed by atoms with Crippen molar-refractivity contribution in [2.45, 2.75) is 38.1 Å². The third kappa shape index (κ3) is 4.92. The molecule has 6 heteroatoms. The molecular formula is C21H25N3O3. The van der Waals surface area contributed by atoms with Gasteiger partial charge in [0, 0.05) is 29.4 Å². The number of para-hydroxylation sites is 1. The van der Waals surface area contributed by atoms with Crippen LogP contribution in [0.2, 0.25) is 0 Å². The molecule has 1 amide bonds. The van der Waals surface area contributed by atoms with Crippen LogP contribution < -0.4 is 5.32 Å². The average molecular weight is 367 g/mol. The first kappa shape index (κ1) is 19.0. The number of carbonyl (C=O) groups is 1. The molecule has 3 rings (SSSR count). The number of nitro groups is 1. The molecule has 1 atom stereocenters. The normalized spacial score (nSPS) is 17.4. The van der Waals surface area contributed by atoms with Crippen molar-refractivity contribution in [2.75, 3.05) is 18.9 Å². The van der Waals surface area contributed by atoms with Crippen LogP contribution in [0.5, 0.6) is 0 Å². The van der Waals surface area contributed by atoms with Gasteiger partial charge in [-0.05, 0) is 63.0 Å². The number of carbonyl (C=O) groups excluding carboxylic acids is 1. The molecule has 0 radical (unpaired) electrons. The molecule has 0 spiro atoms. The Morgan fingerprint density at radius 3 is 2.63 bits per heavy atom. The maximum Gasteiger partial charge on any atom is 0.269 e. The first-order valence-corrected chi connectivity index (χ1v) is 9.38. The number of nitro benzene ring substituents is 1. The van der Waals surface area contributed by atoms with Crippen molar-refractivity contribution in [3.8, 4) is 0 Å². The highest BCUT2D eigenvalue weighted by molar-refractivity contribution is 6.04. The van der Waals surface area contributed by atoms with E-state index in [0.717, 1.165) is 30.6 Å². The molecule has 1 aliphatic rings. The standard InChI is InChI=1S/C21H25N3O3/c1-23-15-5-4-7-18(23)12-9-16-6-2-3-8-20(16)22-21(25)17-10-13-19(14-11-17)24(26)27/h2-3,6,8,10-11,13-14,18H,4-5,7,9,12,15H2,1H3,(H,22,25). The number of hydrogen-bond donors (Lipinski definition) is 1. The number of anilines is 1. The summed E-state index contributed by atoms with van der Waals surface area (Å²) in [6, 6.07) is 14.1. The summed E-state index contributed by atoms with van der Waals surface area (Å²) in [6.45, 7) is 1.16. The minimum Gasteiger partial charge on any atom is -0.322 e. The SMILES string of the molecule is CN1CCCCC1CCc1ccccc1NC(=O)c1ccc([N+](=O)[O-])cc1. The van der Waals surface area contributed by atoms with E-state index in [4.69, 9.17) is 0 Å². The van der Waals surface area contributed by atoms with E-state index in [1.165, 1.54) is 43.5 Å². The molecule has 2 aromatic carbocycles. The molecule has 1 saturated heterocycles. The van der Waals surface area contributed by atoms with Gasteiger partial charge in [-0.25, -0.2) is 0 Å². The fourth-order valence-electron chi connectivity index (χ4n) is 3.62. The highest BCUT2D eigenvalue weighted by atomic mass is 16.6. The highest BCUT2D eigenvalue weighted by Gasteiger charge is 2.19. The zero-order chi connectivity index (χ0) is 19.2. The Labute approximate surface area is 159 Å². The molecule has 1 unspecified atom stereocenters. The second-order valence-electron chi connectivity index (χ2n) is 7.08. The monoisotopic (exact) mass is 367 g/mol. The molecule has 1 N–H and O–H groups in total. The first-order chi connectivity index (χ1) is 13.0. The van der Waals surface area contributed by atoms with E-state index in [-0.39, 0.29) is 11.6 Å². The molecule has 27 heavy (non-hydrogen) atoms. The molecule has 0 saturated carbocycles. The predicted molar refractivity (Wildman–Crippen MR) is 106 cm³/mol. The van der Waals surface area contributed by atoms with Gasteiger partial charge in [0.2, 0.25) is 0 Å². The van der Waals surface area contributed by atoms with Crippen LogP contribution in [-0.4, -0.2) is 35.4 Å². The van der Waals surface area contributed by atoms with Gasteiger partial charge in [-0.2, -0.15) is 0 Å². The quantitative estimate of drug-likeness (QED) is 0.611. The van der Waals surface area contributed by atoms with E-state index < -0.39 is 4.92 Å². The molecule has 1 fully saturated rings. The van der Waals surface area contributed by atoms with Crippen molar-refractivity contribution < 1.29 is 9.72 Å². The number of non-ortho nitro benzene ring substituents is 1. The maximum atomic E-state index is 12.5. The summed E-state index contributed by atoms with van der Waals surface area (Å²) < 4.78 is 0. The smallest absolute Gasteiger partial charge is 0.269 e. The van der Waals surface area contributed by atoms with Gasteiger partial charge in [-0.15, -0.1) is 0 Å². The third-order valence-corrected chi connectivity index (χ3v) is 5.27. The minimum absolute atomic E-state index is 0.0245. The zero-order valence-corrected chi connectivity index (χ0v) is 15.6. The number of amides is 1. The lowest BCUT2D eigenvalue weighted by Crippen LogP contribution is -2.36. The topological polar surface area (TPSA) is 75.5 Å². The van der Waals surface area contributed by atoms with E-state index >= 15 is 0 Å². The molecule has 142 valence electrons. The molecular weight excluding hydrogens is 342 g/mol. The van der Waals surface area contributed by atoms with E-state index in [0.29, 0.717) is 11.6 Å². The van der Waals surface area contributed by atoms with Crippen molar-refractivity contribution >= 4 is 17.3 Å². The second-order valence-corrected chi connectivity index (χ2v) is 7.08. The first-order valence-electron chi connectivity index (χ1n) is 9.38. The van der Waals surface area contributed by atoms with Crippen molar-refractivity contribution in [2.24, 2.45) is 0 Å². The largest absolute Gasteiger partial charge is 0.322 e. The maximum absolute atomic E-state index is 12.5. The number of nitrogens with zero attached hydrogens (tertiary/aromatic N) is 2. The summed E-state index contributed by atoms with van der Waals surface area (Å²) >= 11 is 0. The van der Waals surface area contributed by atoms with Crippen LogP contribution in [0.15, 0.2) is 48.5 Å². The lowest BCUT2D eigenvalue weighted by Gasteiger charge is -2.32. The number of aryl methyl sites for hydroxylation is 1. The average Bonchev–Trinajstić information content (AvgIpc) is 2.68. The molecule has 1 aliphatic heterocycles. The van der Waals surface area contributed by atoms with Crippen LogP contribution in [0.4, 0.5) is 11.4 Å². The molecule has 0 aromatic heterocycles. The second kappa shape index (κ2) is 8.77. The fourth-order valence-corrected chi connectivity index (χ4v) is 3.62. The molecule has 0 bridgehead atoms. The number of rotatable bonds is 6. The Morgan fingerprint density at radius 1 is 1.19 bits per heavy atom. The number of likely N-dealkylation sites (tertiary alicyclic amines) is 1. The van der Waals surface area contributed by atoms with E-state index in [9.17, 15) is 14.9 Å². The zero-order valence-electron chi connectivity index (χ0n) is 15.6. The molecule has 6 nitrogen and oxygen atoms in total. The number of piperidine rings is 1. The Kier molecular flexibility index (Phi) is 6.19. The number of nitrogens with one attached hydrogen (secondary N) is 1. The fraction of sp³-hybridized carbons (Fsp3) is 0.381. The van der Waals surface area contributed by atoms with Gasteiger partial charge < -0.3 is 10.2 Å². The van der Waals surface area contributed by atoms with Crippen LogP contribution in [-0.2, 0) is 6.42 Å². The van der Waals surface area contributed by atoms with Crippen molar-refractivity contribution in [3.05, 3.63) is 69.8 Å². The van der Waals surface area contributed by atoms with E-state index in [2.05, 4.69) is 17.3 Å². The van der Waals surface area contributed by atoms with Crippen LogP contribution in [0.3, 0.4) is 0 Å².